The highest BCUT2D eigenvalue weighted by Gasteiger charge is 2.09. The summed E-state index contributed by atoms with van der Waals surface area (Å²) in [6.07, 6.45) is 4.91. The molecule has 0 saturated heterocycles. The third-order valence-corrected chi connectivity index (χ3v) is 3.71. The Morgan fingerprint density at radius 3 is 2.85 bits per heavy atom. The molecule has 0 aliphatic carbocycles. The Bertz CT molecular complexity index is 1090. The lowest BCUT2D eigenvalue weighted by atomic mass is 10.2. The molecule has 0 bridgehead atoms. The van der Waals surface area contributed by atoms with Crippen LogP contribution in [0.25, 0.3) is 17.0 Å². The largest absolute Gasteiger partial charge is 0.478 e. The molecule has 0 saturated carbocycles. The van der Waals surface area contributed by atoms with Crippen LogP contribution in [0.2, 0.25) is 0 Å². The molecule has 0 radical (unpaired) electrons. The summed E-state index contributed by atoms with van der Waals surface area (Å²) >= 11 is 0. The molecule has 9 nitrogen and oxygen atoms in total. The first-order chi connectivity index (χ1) is 12.7. The molecule has 0 aliphatic rings. The molecule has 9 heteroatoms. The fourth-order valence-electron chi connectivity index (χ4n) is 2.46. The highest BCUT2D eigenvalue weighted by atomic mass is 16.4. The van der Waals surface area contributed by atoms with Gasteiger partial charge in [0, 0.05) is 18.6 Å². The molecule has 4 aromatic rings. The molecule has 4 rings (SSSR count). The van der Waals surface area contributed by atoms with Crippen molar-refractivity contribution in [3.63, 3.8) is 0 Å². The molecule has 2 N–H and O–H groups in total. The van der Waals surface area contributed by atoms with Gasteiger partial charge in [-0.1, -0.05) is 6.07 Å². The quantitative estimate of drug-likeness (QED) is 0.562. The Morgan fingerprint density at radius 1 is 1.08 bits per heavy atom. The second-order valence-electron chi connectivity index (χ2n) is 5.40. The summed E-state index contributed by atoms with van der Waals surface area (Å²) in [5.74, 6) is 0.0954. The van der Waals surface area contributed by atoms with Gasteiger partial charge in [-0.25, -0.2) is 14.8 Å². The average molecular weight is 347 g/mol. The van der Waals surface area contributed by atoms with Gasteiger partial charge in [0.25, 0.3) is 0 Å². The van der Waals surface area contributed by atoms with Gasteiger partial charge in [0.15, 0.2) is 11.5 Å². The van der Waals surface area contributed by atoms with Crippen LogP contribution < -0.4 is 5.32 Å². The van der Waals surface area contributed by atoms with Gasteiger partial charge in [-0.3, -0.25) is 9.38 Å². The van der Waals surface area contributed by atoms with Gasteiger partial charge in [0.2, 0.25) is 5.95 Å². The molecule has 0 unspecified atom stereocenters. The van der Waals surface area contributed by atoms with Crippen molar-refractivity contribution in [2.75, 3.05) is 5.32 Å². The van der Waals surface area contributed by atoms with Crippen LogP contribution in [0.15, 0.2) is 55.0 Å². The van der Waals surface area contributed by atoms with Crippen LogP contribution in [-0.2, 0) is 6.54 Å². The summed E-state index contributed by atoms with van der Waals surface area (Å²) in [6, 6.07) is 10.2. The van der Waals surface area contributed by atoms with E-state index in [1.165, 1.54) is 18.3 Å². The molecule has 0 fully saturated rings. The Kier molecular flexibility index (Phi) is 3.94. The number of carboxylic acids is 1. The molecule has 4 heterocycles. The number of hydrogen-bond acceptors (Lipinski definition) is 7. The van der Waals surface area contributed by atoms with Crippen molar-refractivity contribution < 1.29 is 9.90 Å². The van der Waals surface area contributed by atoms with E-state index >= 15 is 0 Å². The summed E-state index contributed by atoms with van der Waals surface area (Å²) in [4.78, 5) is 23.8. The van der Waals surface area contributed by atoms with Gasteiger partial charge in [0.05, 0.1) is 23.5 Å². The number of rotatable bonds is 5. The van der Waals surface area contributed by atoms with Gasteiger partial charge >= 0.3 is 5.97 Å². The summed E-state index contributed by atoms with van der Waals surface area (Å²) in [6.45, 7) is 0.386. The van der Waals surface area contributed by atoms with Crippen molar-refractivity contribution in [3.8, 4) is 11.4 Å². The topological polar surface area (TPSA) is 118 Å². The number of aromatic nitrogens is 6. The minimum atomic E-state index is -1.01. The zero-order valence-corrected chi connectivity index (χ0v) is 13.4. The smallest absolute Gasteiger partial charge is 0.335 e. The van der Waals surface area contributed by atoms with Gasteiger partial charge in [0.1, 0.15) is 0 Å². The van der Waals surface area contributed by atoms with Crippen molar-refractivity contribution in [2.24, 2.45) is 0 Å². The molecule has 0 aliphatic heterocycles. The highest BCUT2D eigenvalue weighted by molar-refractivity contribution is 5.88. The summed E-state index contributed by atoms with van der Waals surface area (Å²) in [7, 11) is 0. The third-order valence-electron chi connectivity index (χ3n) is 3.71. The maximum Gasteiger partial charge on any atom is 0.335 e. The maximum absolute atomic E-state index is 11.1. The molecule has 0 amide bonds. The Balaban J connectivity index is 1.56. The number of nitrogens with zero attached hydrogens (tertiary/aromatic N) is 6. The summed E-state index contributed by atoms with van der Waals surface area (Å²) in [5.41, 5.74) is 1.90. The fraction of sp³-hybridized carbons (Fsp3) is 0.0588. The van der Waals surface area contributed by atoms with E-state index < -0.39 is 5.97 Å². The van der Waals surface area contributed by atoms with Crippen LogP contribution >= 0.6 is 0 Å². The van der Waals surface area contributed by atoms with Crippen molar-refractivity contribution in [2.45, 2.75) is 6.54 Å². The van der Waals surface area contributed by atoms with E-state index in [-0.39, 0.29) is 5.56 Å². The maximum atomic E-state index is 11.1. The number of aromatic carboxylic acids is 1. The number of carbonyl (C=O) groups is 1. The number of pyridine rings is 2. The summed E-state index contributed by atoms with van der Waals surface area (Å²) < 4.78 is 1.87. The van der Waals surface area contributed by atoms with E-state index in [1.807, 2.05) is 28.8 Å². The van der Waals surface area contributed by atoms with Crippen molar-refractivity contribution >= 4 is 17.6 Å². The van der Waals surface area contributed by atoms with Crippen LogP contribution in [0, 0.1) is 0 Å². The van der Waals surface area contributed by atoms with Crippen LogP contribution in [0.1, 0.15) is 16.2 Å². The monoisotopic (exact) mass is 347 g/mol. The average Bonchev–Trinajstić information content (AvgIpc) is 3.10. The molecule has 4 aromatic heterocycles. The third kappa shape index (κ3) is 3.05. The van der Waals surface area contributed by atoms with Crippen LogP contribution in [-0.4, -0.2) is 40.6 Å². The molecule has 0 atom stereocenters. The minimum Gasteiger partial charge on any atom is -0.478 e. The number of nitrogens with one attached hydrogen (secondary N) is 1. The van der Waals surface area contributed by atoms with Gasteiger partial charge < -0.3 is 10.4 Å². The zero-order valence-electron chi connectivity index (χ0n) is 13.4. The predicted octanol–water partition coefficient (Wildman–Crippen LogP) is 1.89. The van der Waals surface area contributed by atoms with E-state index in [2.05, 4.69) is 30.5 Å². The lowest BCUT2D eigenvalue weighted by Crippen LogP contribution is -2.07. The number of hydrogen-bond donors (Lipinski definition) is 2. The lowest BCUT2D eigenvalue weighted by Gasteiger charge is -2.06. The van der Waals surface area contributed by atoms with Crippen LogP contribution in [0.3, 0.4) is 0 Å². The number of fused-ring (bicyclic) bond motifs is 1. The Labute approximate surface area is 147 Å². The first-order valence-electron chi connectivity index (χ1n) is 7.76. The fourth-order valence-corrected chi connectivity index (χ4v) is 2.46. The second kappa shape index (κ2) is 6.55. The van der Waals surface area contributed by atoms with Crippen molar-refractivity contribution in [3.05, 3.63) is 66.4 Å². The molecule has 128 valence electrons. The summed E-state index contributed by atoms with van der Waals surface area (Å²) in [5, 5.41) is 20.4. The van der Waals surface area contributed by atoms with Gasteiger partial charge in [-0.05, 0) is 30.3 Å². The normalized spacial score (nSPS) is 10.8. The molecule has 0 aromatic carbocycles. The van der Waals surface area contributed by atoms with E-state index in [1.54, 1.807) is 12.3 Å². The van der Waals surface area contributed by atoms with Gasteiger partial charge in [-0.15, -0.1) is 10.2 Å². The molecule has 26 heavy (non-hydrogen) atoms. The molecule has 0 spiro atoms. The van der Waals surface area contributed by atoms with Crippen molar-refractivity contribution in [1.29, 1.82) is 0 Å². The van der Waals surface area contributed by atoms with E-state index in [4.69, 9.17) is 5.11 Å². The Morgan fingerprint density at radius 2 is 1.96 bits per heavy atom. The minimum absolute atomic E-state index is 0.151. The van der Waals surface area contributed by atoms with Crippen LogP contribution in [0.4, 0.5) is 5.95 Å². The standard InChI is InChI=1S/C17H13N7O2/c25-16(26)11-4-6-18-13(9-11)12-5-7-19-17(21-12)20-10-15-23-22-14-3-1-2-8-24(14)15/h1-9H,10H2,(H,25,26)(H,19,20,21). The molecular weight excluding hydrogens is 334 g/mol. The Hall–Kier alpha value is -3.88. The van der Waals surface area contributed by atoms with E-state index in [0.29, 0.717) is 23.9 Å². The van der Waals surface area contributed by atoms with Gasteiger partial charge in [-0.2, -0.15) is 0 Å². The highest BCUT2D eigenvalue weighted by Crippen LogP contribution is 2.16. The lowest BCUT2D eigenvalue weighted by molar-refractivity contribution is 0.0697. The van der Waals surface area contributed by atoms with E-state index in [0.717, 1.165) is 11.5 Å². The SMILES string of the molecule is O=C(O)c1ccnc(-c2ccnc(NCc3nnc4ccccn34)n2)c1. The first-order valence-corrected chi connectivity index (χ1v) is 7.76. The number of anilines is 1. The first kappa shape index (κ1) is 15.6. The molecular formula is C17H13N7O2. The van der Waals surface area contributed by atoms with Crippen molar-refractivity contribution in [1.82, 2.24) is 29.5 Å². The van der Waals surface area contributed by atoms with E-state index in [9.17, 15) is 4.79 Å². The number of carboxylic acid groups (broad SMARTS) is 1. The predicted molar refractivity (Wildman–Crippen MR) is 92.5 cm³/mol. The second-order valence-corrected chi connectivity index (χ2v) is 5.40. The zero-order chi connectivity index (χ0) is 17.9. The van der Waals surface area contributed by atoms with Crippen LogP contribution in [0.5, 0.6) is 0 Å².